The summed E-state index contributed by atoms with van der Waals surface area (Å²) in [7, 11) is 0. The SMILES string of the molecule is CC1CC1CNC1CC(C)(C)Oc2ccccc21. The molecule has 0 aromatic heterocycles. The smallest absolute Gasteiger partial charge is 0.124 e. The van der Waals surface area contributed by atoms with E-state index in [2.05, 4.69) is 50.4 Å². The van der Waals surface area contributed by atoms with Crippen molar-refractivity contribution in [1.82, 2.24) is 5.32 Å². The minimum atomic E-state index is -0.0683. The lowest BCUT2D eigenvalue weighted by Gasteiger charge is -2.38. The zero-order valence-electron chi connectivity index (χ0n) is 11.6. The second-order valence-electron chi connectivity index (χ2n) is 6.54. The largest absolute Gasteiger partial charge is 0.487 e. The van der Waals surface area contributed by atoms with Crippen LogP contribution in [0.4, 0.5) is 0 Å². The molecule has 3 unspecified atom stereocenters. The summed E-state index contributed by atoms with van der Waals surface area (Å²) in [6.07, 6.45) is 2.44. The fraction of sp³-hybridized carbons (Fsp3) is 0.625. The Kier molecular flexibility index (Phi) is 2.86. The number of fused-ring (bicyclic) bond motifs is 1. The maximum Gasteiger partial charge on any atom is 0.124 e. The van der Waals surface area contributed by atoms with Crippen molar-refractivity contribution in [3.63, 3.8) is 0 Å². The van der Waals surface area contributed by atoms with Gasteiger partial charge in [0.15, 0.2) is 0 Å². The Morgan fingerprint density at radius 3 is 2.78 bits per heavy atom. The maximum atomic E-state index is 6.05. The van der Waals surface area contributed by atoms with E-state index in [-0.39, 0.29) is 5.60 Å². The third-order valence-electron chi connectivity index (χ3n) is 4.28. The summed E-state index contributed by atoms with van der Waals surface area (Å²) in [5.41, 5.74) is 1.26. The van der Waals surface area contributed by atoms with Crippen LogP contribution >= 0.6 is 0 Å². The molecule has 3 atom stereocenters. The van der Waals surface area contributed by atoms with Crippen molar-refractivity contribution in [1.29, 1.82) is 0 Å². The van der Waals surface area contributed by atoms with Crippen LogP contribution in [0.25, 0.3) is 0 Å². The number of benzene rings is 1. The molecule has 1 N–H and O–H groups in total. The standard InChI is InChI=1S/C16H23NO/c1-11-8-12(11)10-17-14-9-16(2,3)18-15-7-5-4-6-13(14)15/h4-7,11-12,14,17H,8-10H2,1-3H3. The first kappa shape index (κ1) is 12.0. The van der Waals surface area contributed by atoms with Crippen LogP contribution < -0.4 is 10.1 Å². The Bertz CT molecular complexity index is 440. The van der Waals surface area contributed by atoms with Crippen molar-refractivity contribution >= 4 is 0 Å². The maximum absolute atomic E-state index is 6.05. The average Bonchev–Trinajstić information content (AvgIpc) is 3.01. The number of para-hydroxylation sites is 1. The summed E-state index contributed by atoms with van der Waals surface area (Å²) in [5.74, 6) is 2.86. The van der Waals surface area contributed by atoms with Gasteiger partial charge in [-0.25, -0.2) is 0 Å². The Morgan fingerprint density at radius 1 is 1.33 bits per heavy atom. The molecule has 0 amide bonds. The topological polar surface area (TPSA) is 21.3 Å². The monoisotopic (exact) mass is 245 g/mol. The highest BCUT2D eigenvalue weighted by atomic mass is 16.5. The van der Waals surface area contributed by atoms with Gasteiger partial charge in [-0.15, -0.1) is 0 Å². The lowest BCUT2D eigenvalue weighted by Crippen LogP contribution is -2.40. The normalized spacial score (nSPS) is 32.5. The van der Waals surface area contributed by atoms with Crippen molar-refractivity contribution in [2.24, 2.45) is 11.8 Å². The van der Waals surface area contributed by atoms with Gasteiger partial charge in [-0.1, -0.05) is 25.1 Å². The Labute approximate surface area is 110 Å². The van der Waals surface area contributed by atoms with Gasteiger partial charge in [0.25, 0.3) is 0 Å². The molecule has 1 aliphatic heterocycles. The molecule has 2 nitrogen and oxygen atoms in total. The molecule has 1 aromatic carbocycles. The molecule has 3 rings (SSSR count). The van der Waals surface area contributed by atoms with Crippen LogP contribution in [0, 0.1) is 11.8 Å². The zero-order chi connectivity index (χ0) is 12.8. The van der Waals surface area contributed by atoms with E-state index in [0.29, 0.717) is 6.04 Å². The predicted octanol–water partition coefficient (Wildman–Crippen LogP) is 3.53. The Morgan fingerprint density at radius 2 is 2.06 bits per heavy atom. The lowest BCUT2D eigenvalue weighted by atomic mass is 9.89. The molecule has 1 aromatic rings. The first-order valence-corrected chi connectivity index (χ1v) is 7.06. The van der Waals surface area contributed by atoms with E-state index in [1.54, 1.807) is 0 Å². The van der Waals surface area contributed by atoms with Gasteiger partial charge in [0.05, 0.1) is 0 Å². The van der Waals surface area contributed by atoms with Gasteiger partial charge in [0.1, 0.15) is 11.4 Å². The molecule has 0 bridgehead atoms. The quantitative estimate of drug-likeness (QED) is 0.879. The summed E-state index contributed by atoms with van der Waals surface area (Å²) < 4.78 is 6.05. The summed E-state index contributed by atoms with van der Waals surface area (Å²) in [5, 5.41) is 3.75. The molecule has 2 aliphatic rings. The van der Waals surface area contributed by atoms with Crippen LogP contribution in [0.5, 0.6) is 5.75 Å². The van der Waals surface area contributed by atoms with Crippen LogP contribution in [0.3, 0.4) is 0 Å². The van der Waals surface area contributed by atoms with Crippen molar-refractivity contribution in [3.05, 3.63) is 29.8 Å². The second kappa shape index (κ2) is 4.27. The molecule has 0 saturated heterocycles. The third kappa shape index (κ3) is 2.39. The van der Waals surface area contributed by atoms with E-state index in [4.69, 9.17) is 4.74 Å². The van der Waals surface area contributed by atoms with Crippen LogP contribution in [0.1, 0.15) is 45.2 Å². The summed E-state index contributed by atoms with van der Waals surface area (Å²) >= 11 is 0. The predicted molar refractivity (Wildman–Crippen MR) is 73.8 cm³/mol. The van der Waals surface area contributed by atoms with E-state index in [1.807, 2.05) is 0 Å². The third-order valence-corrected chi connectivity index (χ3v) is 4.28. The number of rotatable bonds is 3. The van der Waals surface area contributed by atoms with Crippen LogP contribution in [0.2, 0.25) is 0 Å². The first-order valence-electron chi connectivity index (χ1n) is 7.06. The summed E-state index contributed by atoms with van der Waals surface area (Å²) in [6.45, 7) is 7.85. The minimum Gasteiger partial charge on any atom is -0.487 e. The van der Waals surface area contributed by atoms with E-state index in [9.17, 15) is 0 Å². The molecule has 1 heterocycles. The van der Waals surface area contributed by atoms with Crippen LogP contribution in [-0.4, -0.2) is 12.1 Å². The minimum absolute atomic E-state index is 0.0683. The van der Waals surface area contributed by atoms with E-state index >= 15 is 0 Å². The van der Waals surface area contributed by atoms with E-state index < -0.39 is 0 Å². The highest BCUT2D eigenvalue weighted by Crippen LogP contribution is 2.41. The van der Waals surface area contributed by atoms with Gasteiger partial charge in [0.2, 0.25) is 0 Å². The lowest BCUT2D eigenvalue weighted by molar-refractivity contribution is 0.0658. The first-order chi connectivity index (χ1) is 8.55. The molecule has 18 heavy (non-hydrogen) atoms. The van der Waals surface area contributed by atoms with Gasteiger partial charge in [-0.05, 0) is 44.7 Å². The van der Waals surface area contributed by atoms with Gasteiger partial charge in [-0.3, -0.25) is 0 Å². The van der Waals surface area contributed by atoms with Gasteiger partial charge in [0, 0.05) is 18.0 Å². The molecule has 1 saturated carbocycles. The van der Waals surface area contributed by atoms with Gasteiger partial charge >= 0.3 is 0 Å². The van der Waals surface area contributed by atoms with Crippen LogP contribution in [0.15, 0.2) is 24.3 Å². The molecule has 0 radical (unpaired) electrons. The summed E-state index contributed by atoms with van der Waals surface area (Å²) in [4.78, 5) is 0. The molecular weight excluding hydrogens is 222 g/mol. The highest BCUT2D eigenvalue weighted by Gasteiger charge is 2.36. The van der Waals surface area contributed by atoms with Gasteiger partial charge < -0.3 is 10.1 Å². The molecule has 1 fully saturated rings. The fourth-order valence-electron chi connectivity index (χ4n) is 2.96. The number of hydrogen-bond donors (Lipinski definition) is 1. The van der Waals surface area contributed by atoms with Crippen LogP contribution in [-0.2, 0) is 0 Å². The number of ether oxygens (including phenoxy) is 1. The zero-order valence-corrected chi connectivity index (χ0v) is 11.6. The van der Waals surface area contributed by atoms with Crippen molar-refractivity contribution in [2.45, 2.75) is 45.3 Å². The van der Waals surface area contributed by atoms with Crippen molar-refractivity contribution in [2.75, 3.05) is 6.54 Å². The van der Waals surface area contributed by atoms with E-state index in [0.717, 1.165) is 30.6 Å². The summed E-state index contributed by atoms with van der Waals surface area (Å²) in [6, 6.07) is 8.89. The van der Waals surface area contributed by atoms with Gasteiger partial charge in [-0.2, -0.15) is 0 Å². The molecule has 98 valence electrons. The molecule has 0 spiro atoms. The van der Waals surface area contributed by atoms with E-state index in [1.165, 1.54) is 12.0 Å². The molecule has 2 heteroatoms. The number of hydrogen-bond acceptors (Lipinski definition) is 2. The average molecular weight is 245 g/mol. The molecule has 1 aliphatic carbocycles. The number of nitrogens with one attached hydrogen (secondary N) is 1. The highest BCUT2D eigenvalue weighted by molar-refractivity contribution is 5.38. The molecular formula is C16H23NO. The fourth-order valence-corrected chi connectivity index (χ4v) is 2.96. The second-order valence-corrected chi connectivity index (χ2v) is 6.54. The van der Waals surface area contributed by atoms with Crippen molar-refractivity contribution in [3.8, 4) is 5.75 Å². The Hall–Kier alpha value is -1.02. The Balaban J connectivity index is 1.76. The van der Waals surface area contributed by atoms with Crippen molar-refractivity contribution < 1.29 is 4.74 Å².